The van der Waals surface area contributed by atoms with Gasteiger partial charge < -0.3 is 15.1 Å². The number of likely N-dealkylation sites (N-methyl/N-ethyl adjacent to an activating group) is 2. The third-order valence-corrected chi connectivity index (χ3v) is 5.17. The van der Waals surface area contributed by atoms with Crippen LogP contribution in [0.5, 0.6) is 0 Å². The van der Waals surface area contributed by atoms with Crippen molar-refractivity contribution in [3.63, 3.8) is 0 Å². The zero-order chi connectivity index (χ0) is 19.9. The van der Waals surface area contributed by atoms with Crippen LogP contribution >= 0.6 is 0 Å². The summed E-state index contributed by atoms with van der Waals surface area (Å²) in [6.45, 7) is 4.43. The molecule has 2 aromatic rings. The maximum atomic E-state index is 13.2. The molecule has 0 spiro atoms. The molecule has 1 aromatic carbocycles. The average Bonchev–Trinajstić information content (AvgIpc) is 2.70. The van der Waals surface area contributed by atoms with Crippen molar-refractivity contribution in [1.29, 1.82) is 0 Å². The van der Waals surface area contributed by atoms with E-state index < -0.39 is 0 Å². The van der Waals surface area contributed by atoms with Crippen LogP contribution in [-0.2, 0) is 13.1 Å². The van der Waals surface area contributed by atoms with Gasteiger partial charge in [0.1, 0.15) is 5.82 Å². The van der Waals surface area contributed by atoms with E-state index in [9.17, 15) is 9.18 Å². The molecule has 1 aliphatic heterocycles. The topological polar surface area (TPSA) is 51.7 Å². The van der Waals surface area contributed by atoms with Crippen molar-refractivity contribution in [2.24, 2.45) is 0 Å². The van der Waals surface area contributed by atoms with Gasteiger partial charge in [-0.15, -0.1) is 0 Å². The SMILES string of the molecule is CN1CCN(C)C(CNC(=O)N(Cc2ccncc2)Cc2ccc(F)cc2)C1. The highest BCUT2D eigenvalue weighted by molar-refractivity contribution is 5.74. The molecule has 28 heavy (non-hydrogen) atoms. The van der Waals surface area contributed by atoms with Crippen molar-refractivity contribution in [2.75, 3.05) is 40.3 Å². The lowest BCUT2D eigenvalue weighted by atomic mass is 10.2. The monoisotopic (exact) mass is 385 g/mol. The lowest BCUT2D eigenvalue weighted by Crippen LogP contribution is -2.55. The number of hydrogen-bond donors (Lipinski definition) is 1. The van der Waals surface area contributed by atoms with Crippen molar-refractivity contribution >= 4 is 6.03 Å². The summed E-state index contributed by atoms with van der Waals surface area (Å²) in [7, 11) is 4.20. The number of urea groups is 1. The summed E-state index contributed by atoms with van der Waals surface area (Å²) in [5.74, 6) is -0.279. The fourth-order valence-corrected chi connectivity index (χ4v) is 3.36. The third-order valence-electron chi connectivity index (χ3n) is 5.17. The van der Waals surface area contributed by atoms with Crippen LogP contribution in [0.15, 0.2) is 48.8 Å². The van der Waals surface area contributed by atoms with Crippen LogP contribution in [0.1, 0.15) is 11.1 Å². The molecule has 2 amide bonds. The van der Waals surface area contributed by atoms with Gasteiger partial charge in [-0.05, 0) is 49.5 Å². The standard InChI is InChI=1S/C21H28FN5O/c1-25-11-12-26(2)20(16-25)13-24-21(28)27(15-18-7-9-23-10-8-18)14-17-3-5-19(22)6-4-17/h3-10,20H,11-16H2,1-2H3,(H,24,28). The van der Waals surface area contributed by atoms with Gasteiger partial charge in [0.25, 0.3) is 0 Å². The number of hydrogen-bond acceptors (Lipinski definition) is 4. The molecule has 2 heterocycles. The number of pyridine rings is 1. The maximum Gasteiger partial charge on any atom is 0.318 e. The fourth-order valence-electron chi connectivity index (χ4n) is 3.36. The molecule has 0 aliphatic carbocycles. The number of rotatable bonds is 6. The number of carbonyl (C=O) groups excluding carboxylic acids is 1. The smallest absolute Gasteiger partial charge is 0.318 e. The minimum atomic E-state index is -0.279. The summed E-state index contributed by atoms with van der Waals surface area (Å²) in [5, 5.41) is 3.08. The van der Waals surface area contributed by atoms with Crippen molar-refractivity contribution in [3.05, 3.63) is 65.7 Å². The van der Waals surface area contributed by atoms with Crippen LogP contribution < -0.4 is 5.32 Å². The minimum absolute atomic E-state index is 0.122. The van der Waals surface area contributed by atoms with Crippen LogP contribution in [0.25, 0.3) is 0 Å². The number of aromatic nitrogens is 1. The van der Waals surface area contributed by atoms with Gasteiger partial charge in [0.15, 0.2) is 0 Å². The summed E-state index contributed by atoms with van der Waals surface area (Å²) in [5.41, 5.74) is 1.89. The molecule has 3 rings (SSSR count). The van der Waals surface area contributed by atoms with Crippen LogP contribution in [0, 0.1) is 5.82 Å². The molecule has 6 nitrogen and oxygen atoms in total. The quantitative estimate of drug-likeness (QED) is 0.828. The zero-order valence-corrected chi connectivity index (χ0v) is 16.5. The Morgan fingerprint density at radius 1 is 1.11 bits per heavy atom. The largest absolute Gasteiger partial charge is 0.336 e. The van der Waals surface area contributed by atoms with E-state index in [1.54, 1.807) is 29.4 Å². The summed E-state index contributed by atoms with van der Waals surface area (Å²) >= 11 is 0. The van der Waals surface area contributed by atoms with Crippen molar-refractivity contribution in [1.82, 2.24) is 25.0 Å². The van der Waals surface area contributed by atoms with E-state index in [0.29, 0.717) is 19.6 Å². The molecule has 1 saturated heterocycles. The van der Waals surface area contributed by atoms with Gasteiger partial charge in [0.2, 0.25) is 0 Å². The number of benzene rings is 1. The molecule has 1 N–H and O–H groups in total. The number of carbonyl (C=O) groups is 1. The molecular weight excluding hydrogens is 357 g/mol. The number of amides is 2. The molecular formula is C21H28FN5O. The highest BCUT2D eigenvalue weighted by Gasteiger charge is 2.23. The van der Waals surface area contributed by atoms with Gasteiger partial charge in [0, 0.05) is 57.7 Å². The number of nitrogens with one attached hydrogen (secondary N) is 1. The van der Waals surface area contributed by atoms with E-state index in [0.717, 1.165) is 30.8 Å². The molecule has 1 unspecified atom stereocenters. The first-order valence-electron chi connectivity index (χ1n) is 9.56. The van der Waals surface area contributed by atoms with E-state index in [-0.39, 0.29) is 17.9 Å². The number of piperazine rings is 1. The second-order valence-corrected chi connectivity index (χ2v) is 7.42. The minimum Gasteiger partial charge on any atom is -0.336 e. The van der Waals surface area contributed by atoms with Crippen LogP contribution in [0.4, 0.5) is 9.18 Å². The molecule has 1 fully saturated rings. The lowest BCUT2D eigenvalue weighted by molar-refractivity contribution is 0.112. The Morgan fingerprint density at radius 3 is 2.43 bits per heavy atom. The molecule has 0 saturated carbocycles. The van der Waals surface area contributed by atoms with Crippen molar-refractivity contribution < 1.29 is 9.18 Å². The van der Waals surface area contributed by atoms with Gasteiger partial charge in [0.05, 0.1) is 0 Å². The van der Waals surface area contributed by atoms with E-state index in [1.807, 2.05) is 12.1 Å². The van der Waals surface area contributed by atoms with E-state index in [4.69, 9.17) is 0 Å². The molecule has 0 bridgehead atoms. The van der Waals surface area contributed by atoms with Crippen molar-refractivity contribution in [3.8, 4) is 0 Å². The van der Waals surface area contributed by atoms with Gasteiger partial charge >= 0.3 is 6.03 Å². The molecule has 7 heteroatoms. The summed E-state index contributed by atoms with van der Waals surface area (Å²) in [6.07, 6.45) is 3.44. The van der Waals surface area contributed by atoms with Crippen LogP contribution in [0.2, 0.25) is 0 Å². The Morgan fingerprint density at radius 2 is 1.75 bits per heavy atom. The summed E-state index contributed by atoms with van der Waals surface area (Å²) in [6, 6.07) is 10.2. The molecule has 1 atom stereocenters. The van der Waals surface area contributed by atoms with Crippen LogP contribution in [-0.4, -0.2) is 72.0 Å². The zero-order valence-electron chi connectivity index (χ0n) is 16.5. The molecule has 1 aliphatic rings. The predicted molar refractivity (Wildman–Crippen MR) is 107 cm³/mol. The first-order chi connectivity index (χ1) is 13.5. The first-order valence-corrected chi connectivity index (χ1v) is 9.56. The first kappa shape index (κ1) is 20.2. The second kappa shape index (κ2) is 9.61. The Balaban J connectivity index is 1.66. The van der Waals surface area contributed by atoms with Crippen LogP contribution in [0.3, 0.4) is 0 Å². The second-order valence-electron chi connectivity index (χ2n) is 7.42. The number of halogens is 1. The van der Waals surface area contributed by atoms with Gasteiger partial charge in [-0.3, -0.25) is 9.88 Å². The normalized spacial score (nSPS) is 18.0. The highest BCUT2D eigenvalue weighted by atomic mass is 19.1. The lowest BCUT2D eigenvalue weighted by Gasteiger charge is -2.38. The Labute approximate surface area is 166 Å². The summed E-state index contributed by atoms with van der Waals surface area (Å²) < 4.78 is 13.2. The van der Waals surface area contributed by atoms with Gasteiger partial charge in [-0.2, -0.15) is 0 Å². The Hall–Kier alpha value is -2.51. The molecule has 0 radical (unpaired) electrons. The van der Waals surface area contributed by atoms with Gasteiger partial charge in [-0.1, -0.05) is 12.1 Å². The maximum absolute atomic E-state index is 13.2. The third kappa shape index (κ3) is 5.74. The molecule has 150 valence electrons. The predicted octanol–water partition coefficient (Wildman–Crippen LogP) is 2.18. The van der Waals surface area contributed by atoms with Crippen molar-refractivity contribution in [2.45, 2.75) is 19.1 Å². The fraction of sp³-hybridized carbons (Fsp3) is 0.429. The molecule has 1 aromatic heterocycles. The highest BCUT2D eigenvalue weighted by Crippen LogP contribution is 2.12. The Kier molecular flexibility index (Phi) is 6.95. The van der Waals surface area contributed by atoms with E-state index >= 15 is 0 Å². The summed E-state index contributed by atoms with van der Waals surface area (Å²) in [4.78, 5) is 23.3. The van der Waals surface area contributed by atoms with E-state index in [2.05, 4.69) is 34.2 Å². The van der Waals surface area contributed by atoms with Gasteiger partial charge in [-0.25, -0.2) is 9.18 Å². The average molecular weight is 385 g/mol. The Bertz CT molecular complexity index is 755. The number of nitrogens with zero attached hydrogens (tertiary/aromatic N) is 4. The van der Waals surface area contributed by atoms with E-state index in [1.165, 1.54) is 12.1 Å².